The van der Waals surface area contributed by atoms with Crippen molar-refractivity contribution in [3.63, 3.8) is 0 Å². The number of H-pyrrole nitrogens is 1. The Kier molecular flexibility index (Phi) is 5.11. The van der Waals surface area contributed by atoms with Crippen molar-refractivity contribution in [2.45, 2.75) is 19.4 Å². The van der Waals surface area contributed by atoms with Crippen LogP contribution in [0, 0.1) is 21.4 Å². The summed E-state index contributed by atoms with van der Waals surface area (Å²) in [6.45, 7) is 4.85. The van der Waals surface area contributed by atoms with Crippen LogP contribution in [0.5, 0.6) is 0 Å². The van der Waals surface area contributed by atoms with Crippen LogP contribution in [0.3, 0.4) is 0 Å². The Bertz CT molecular complexity index is 1230. The van der Waals surface area contributed by atoms with Crippen molar-refractivity contribution in [2.24, 2.45) is 0 Å². The number of aromatic amines is 1. The summed E-state index contributed by atoms with van der Waals surface area (Å²) in [5.41, 5.74) is 4.28. The molecular formula is C22H24N8O2. The molecule has 32 heavy (non-hydrogen) atoms. The second kappa shape index (κ2) is 8.09. The van der Waals surface area contributed by atoms with E-state index in [0.29, 0.717) is 29.1 Å². The third-order valence-corrected chi connectivity index (χ3v) is 6.22. The van der Waals surface area contributed by atoms with Gasteiger partial charge in [-0.2, -0.15) is 5.26 Å². The van der Waals surface area contributed by atoms with Gasteiger partial charge in [0.25, 0.3) is 5.69 Å². The molecule has 2 aliphatic rings. The van der Waals surface area contributed by atoms with E-state index in [0.717, 1.165) is 62.6 Å². The molecule has 10 nitrogen and oxygen atoms in total. The molecule has 4 heterocycles. The minimum Gasteiger partial charge on any atom is -0.354 e. The van der Waals surface area contributed by atoms with E-state index in [9.17, 15) is 15.4 Å². The molecule has 0 aliphatic carbocycles. The van der Waals surface area contributed by atoms with Gasteiger partial charge >= 0.3 is 0 Å². The third-order valence-electron chi connectivity index (χ3n) is 6.22. The normalized spacial score (nSPS) is 17.1. The summed E-state index contributed by atoms with van der Waals surface area (Å²) >= 11 is 0. The lowest BCUT2D eigenvalue weighted by atomic mass is 10.0. The fraction of sp³-hybridized carbons (Fsp3) is 0.409. The summed E-state index contributed by atoms with van der Waals surface area (Å²) in [4.78, 5) is 30.0. The van der Waals surface area contributed by atoms with Crippen LogP contribution in [0.1, 0.15) is 23.2 Å². The quantitative estimate of drug-likeness (QED) is 0.495. The molecule has 0 saturated carbocycles. The summed E-state index contributed by atoms with van der Waals surface area (Å²) in [5, 5.41) is 20.8. The number of non-ortho nitro benzene ring substituents is 1. The van der Waals surface area contributed by atoms with Crippen LogP contribution >= 0.6 is 0 Å². The first kappa shape index (κ1) is 20.2. The molecule has 2 aromatic heterocycles. The number of nitrogens with one attached hydrogen (secondary N) is 1. The Morgan fingerprint density at radius 3 is 2.75 bits per heavy atom. The molecule has 0 radical (unpaired) electrons. The minimum atomic E-state index is -0.403. The van der Waals surface area contributed by atoms with E-state index in [1.807, 2.05) is 6.07 Å². The van der Waals surface area contributed by atoms with Crippen LogP contribution < -0.4 is 9.80 Å². The Hall–Kier alpha value is -3.71. The first-order valence-electron chi connectivity index (χ1n) is 10.8. The fourth-order valence-electron chi connectivity index (χ4n) is 4.51. The largest absolute Gasteiger partial charge is 0.354 e. The smallest absolute Gasteiger partial charge is 0.271 e. The molecule has 164 valence electrons. The number of nitriles is 1. The molecule has 3 aromatic rings. The van der Waals surface area contributed by atoms with Gasteiger partial charge in [0.15, 0.2) is 0 Å². The second-order valence-corrected chi connectivity index (χ2v) is 8.41. The fourth-order valence-corrected chi connectivity index (χ4v) is 4.51. The summed E-state index contributed by atoms with van der Waals surface area (Å²) < 4.78 is 0. The highest BCUT2D eigenvalue weighted by Gasteiger charge is 2.24. The van der Waals surface area contributed by atoms with E-state index in [-0.39, 0.29) is 5.69 Å². The number of nitro groups is 1. The maximum atomic E-state index is 11.1. The zero-order chi connectivity index (χ0) is 22.2. The van der Waals surface area contributed by atoms with Crippen molar-refractivity contribution in [2.75, 3.05) is 49.6 Å². The Balaban J connectivity index is 1.37. The molecule has 1 saturated heterocycles. The highest BCUT2D eigenvalue weighted by Crippen LogP contribution is 2.27. The highest BCUT2D eigenvalue weighted by molar-refractivity contribution is 5.80. The van der Waals surface area contributed by atoms with Gasteiger partial charge in [-0.25, -0.2) is 9.97 Å². The maximum absolute atomic E-state index is 11.1. The predicted octanol–water partition coefficient (Wildman–Crippen LogP) is 2.44. The van der Waals surface area contributed by atoms with E-state index < -0.39 is 4.92 Å². The average Bonchev–Trinajstić information content (AvgIpc) is 3.06. The summed E-state index contributed by atoms with van der Waals surface area (Å²) in [6.07, 6.45) is 1.79. The molecule has 10 heteroatoms. The molecule has 0 bridgehead atoms. The van der Waals surface area contributed by atoms with Crippen molar-refractivity contribution in [3.05, 3.63) is 51.2 Å². The van der Waals surface area contributed by atoms with E-state index in [1.165, 1.54) is 12.1 Å². The zero-order valence-electron chi connectivity index (χ0n) is 17.9. The molecule has 2 aliphatic heterocycles. The lowest BCUT2D eigenvalue weighted by Gasteiger charge is -2.28. The number of hydrogen-bond donors (Lipinski definition) is 1. The number of pyridine rings is 1. The van der Waals surface area contributed by atoms with E-state index in [2.05, 4.69) is 37.8 Å². The Morgan fingerprint density at radius 1 is 1.12 bits per heavy atom. The number of hydrogen-bond acceptors (Lipinski definition) is 8. The highest BCUT2D eigenvalue weighted by atomic mass is 16.6. The van der Waals surface area contributed by atoms with Crippen molar-refractivity contribution >= 4 is 28.5 Å². The number of fused-ring (bicyclic) bond motifs is 2. The molecular weight excluding hydrogens is 408 g/mol. The van der Waals surface area contributed by atoms with E-state index in [4.69, 9.17) is 4.98 Å². The number of nitrogens with zero attached hydrogens (tertiary/aromatic N) is 7. The van der Waals surface area contributed by atoms with Crippen LogP contribution in [0.15, 0.2) is 24.3 Å². The maximum Gasteiger partial charge on any atom is 0.271 e. The van der Waals surface area contributed by atoms with Gasteiger partial charge in [0.05, 0.1) is 21.5 Å². The number of benzene rings is 1. The number of aromatic nitrogens is 3. The number of rotatable bonds is 3. The van der Waals surface area contributed by atoms with Crippen LogP contribution in [-0.4, -0.2) is 64.5 Å². The molecule has 0 amide bonds. The van der Waals surface area contributed by atoms with Crippen molar-refractivity contribution < 1.29 is 4.92 Å². The summed E-state index contributed by atoms with van der Waals surface area (Å²) in [7, 11) is 2.09. The third kappa shape index (κ3) is 3.71. The van der Waals surface area contributed by atoms with Gasteiger partial charge in [0.1, 0.15) is 11.9 Å². The standard InChI is InChI=1S/C22H24N8O2/c1-27-8-5-18-16(14-27)11-15(13-23)21(24-18)28-6-2-7-29(10-9-28)22-25-19-4-3-17(30(31)32)12-20(19)26-22/h3-4,11-12H,2,5-10,14H2,1H3,(H,25,26). The van der Waals surface area contributed by atoms with Gasteiger partial charge in [-0.15, -0.1) is 0 Å². The number of imidazole rings is 1. The zero-order valence-corrected chi connectivity index (χ0v) is 17.9. The minimum absolute atomic E-state index is 0.0449. The molecule has 0 spiro atoms. The van der Waals surface area contributed by atoms with Crippen molar-refractivity contribution in [1.82, 2.24) is 19.9 Å². The molecule has 0 unspecified atom stereocenters. The molecule has 1 aromatic carbocycles. The lowest BCUT2D eigenvalue weighted by molar-refractivity contribution is -0.384. The van der Waals surface area contributed by atoms with E-state index >= 15 is 0 Å². The summed E-state index contributed by atoms with van der Waals surface area (Å²) in [6, 6.07) is 9.01. The van der Waals surface area contributed by atoms with Crippen LogP contribution in [-0.2, 0) is 13.0 Å². The first-order chi connectivity index (χ1) is 15.5. The summed E-state index contributed by atoms with van der Waals surface area (Å²) in [5.74, 6) is 1.49. The van der Waals surface area contributed by atoms with Gasteiger partial charge < -0.3 is 19.7 Å². The Labute approximate surface area is 185 Å². The van der Waals surface area contributed by atoms with Crippen molar-refractivity contribution in [1.29, 1.82) is 5.26 Å². The van der Waals surface area contributed by atoms with Gasteiger partial charge in [0, 0.05) is 63.5 Å². The first-order valence-corrected chi connectivity index (χ1v) is 10.8. The Morgan fingerprint density at radius 2 is 1.94 bits per heavy atom. The van der Waals surface area contributed by atoms with Gasteiger partial charge in [-0.05, 0) is 31.2 Å². The van der Waals surface area contributed by atoms with Gasteiger partial charge in [0.2, 0.25) is 5.95 Å². The SMILES string of the molecule is CN1CCc2nc(N3CCCN(c4nc5ccc([N+](=O)[O-])cc5[nH]4)CC3)c(C#N)cc2C1. The lowest BCUT2D eigenvalue weighted by Crippen LogP contribution is -2.33. The molecule has 1 fully saturated rings. The second-order valence-electron chi connectivity index (χ2n) is 8.41. The number of nitro benzene ring substituents is 1. The van der Waals surface area contributed by atoms with Gasteiger partial charge in [-0.1, -0.05) is 0 Å². The van der Waals surface area contributed by atoms with Crippen LogP contribution in [0.4, 0.5) is 17.5 Å². The predicted molar refractivity (Wildman–Crippen MR) is 121 cm³/mol. The van der Waals surface area contributed by atoms with Crippen LogP contribution in [0.2, 0.25) is 0 Å². The number of anilines is 2. The van der Waals surface area contributed by atoms with Crippen molar-refractivity contribution in [3.8, 4) is 6.07 Å². The van der Waals surface area contributed by atoms with Crippen LogP contribution in [0.25, 0.3) is 11.0 Å². The topological polar surface area (TPSA) is 118 Å². The molecule has 1 N–H and O–H groups in total. The molecule has 5 rings (SSSR count). The number of likely N-dealkylation sites (N-methyl/N-ethyl adjacent to an activating group) is 1. The molecule has 0 atom stereocenters. The average molecular weight is 432 g/mol. The monoisotopic (exact) mass is 432 g/mol. The van der Waals surface area contributed by atoms with Gasteiger partial charge in [-0.3, -0.25) is 10.1 Å². The van der Waals surface area contributed by atoms with E-state index in [1.54, 1.807) is 6.07 Å².